The standard InChI is InChI=1S/C31H27N3O6/c1-17(30(36)33-19-6-4-18(5-7-19)13-15-35)40-20-8-10-24-23(16-20)21-12-14-32-27-22-9-11-25(38-2)29(39-3)26(22)31(37)34(24)28(21)27/h4-12,14,16-17,35H,13,15H2,1-3H3,(H,33,36)/t17-/m1/s1. The number of ether oxygens (including phenoxy) is 3. The highest BCUT2D eigenvalue weighted by atomic mass is 16.5. The van der Waals surface area contributed by atoms with Crippen LogP contribution >= 0.6 is 0 Å². The molecule has 202 valence electrons. The molecule has 9 nitrogen and oxygen atoms in total. The summed E-state index contributed by atoms with van der Waals surface area (Å²) in [6, 6.07) is 18.2. The Morgan fingerprint density at radius 3 is 2.52 bits per heavy atom. The van der Waals surface area contributed by atoms with Gasteiger partial charge in [-0.05, 0) is 67.4 Å². The number of aromatic nitrogens is 2. The second-order valence-corrected chi connectivity index (χ2v) is 9.52. The minimum atomic E-state index is -0.779. The lowest BCUT2D eigenvalue weighted by Crippen LogP contribution is -2.30. The lowest BCUT2D eigenvalue weighted by molar-refractivity contribution is -0.122. The third-order valence-electron chi connectivity index (χ3n) is 7.17. The predicted molar refractivity (Wildman–Crippen MR) is 154 cm³/mol. The quantitative estimate of drug-likeness (QED) is 0.274. The van der Waals surface area contributed by atoms with E-state index in [1.165, 1.54) is 14.2 Å². The van der Waals surface area contributed by atoms with Gasteiger partial charge in [-0.1, -0.05) is 12.1 Å². The van der Waals surface area contributed by atoms with Gasteiger partial charge in [0.05, 0.1) is 36.2 Å². The Hall–Kier alpha value is -4.89. The van der Waals surface area contributed by atoms with E-state index in [0.717, 1.165) is 16.3 Å². The second kappa shape index (κ2) is 10.0. The molecule has 0 unspecified atom stereocenters. The maximum atomic E-state index is 13.9. The van der Waals surface area contributed by atoms with Gasteiger partial charge in [0.25, 0.3) is 11.5 Å². The molecule has 9 heteroatoms. The maximum absolute atomic E-state index is 13.9. The molecule has 40 heavy (non-hydrogen) atoms. The number of benzene rings is 3. The van der Waals surface area contributed by atoms with Crippen LogP contribution in [0.2, 0.25) is 0 Å². The third-order valence-corrected chi connectivity index (χ3v) is 7.17. The molecule has 1 amide bonds. The van der Waals surface area contributed by atoms with E-state index in [1.54, 1.807) is 41.8 Å². The van der Waals surface area contributed by atoms with Crippen LogP contribution in [0.3, 0.4) is 0 Å². The molecule has 3 aromatic carbocycles. The molecule has 0 bridgehead atoms. The molecule has 2 N–H and O–H groups in total. The fourth-order valence-corrected chi connectivity index (χ4v) is 5.26. The zero-order valence-electron chi connectivity index (χ0n) is 22.2. The van der Waals surface area contributed by atoms with E-state index in [-0.39, 0.29) is 18.1 Å². The van der Waals surface area contributed by atoms with Crippen molar-refractivity contribution in [2.24, 2.45) is 0 Å². The molecule has 3 heterocycles. The molecule has 3 aromatic heterocycles. The average Bonchev–Trinajstić information content (AvgIpc) is 3.31. The van der Waals surface area contributed by atoms with Gasteiger partial charge in [0, 0.05) is 34.6 Å². The third kappa shape index (κ3) is 4.02. The Morgan fingerprint density at radius 1 is 1.00 bits per heavy atom. The van der Waals surface area contributed by atoms with Gasteiger partial charge in [0.15, 0.2) is 17.6 Å². The first-order valence-electron chi connectivity index (χ1n) is 12.9. The lowest BCUT2D eigenvalue weighted by Gasteiger charge is -2.15. The van der Waals surface area contributed by atoms with Crippen molar-refractivity contribution >= 4 is 49.7 Å². The van der Waals surface area contributed by atoms with Gasteiger partial charge in [0.1, 0.15) is 5.75 Å². The molecule has 0 saturated heterocycles. The number of nitrogens with zero attached hydrogens (tertiary/aromatic N) is 2. The first-order chi connectivity index (χ1) is 19.4. The van der Waals surface area contributed by atoms with Crippen molar-refractivity contribution in [3.05, 3.63) is 82.8 Å². The van der Waals surface area contributed by atoms with Gasteiger partial charge in [-0.25, -0.2) is 0 Å². The molecule has 0 aliphatic heterocycles. The molecule has 0 saturated carbocycles. The summed E-state index contributed by atoms with van der Waals surface area (Å²) in [7, 11) is 3.04. The molecule has 0 aliphatic rings. The number of amides is 1. The average molecular weight is 538 g/mol. The van der Waals surface area contributed by atoms with E-state index < -0.39 is 6.10 Å². The number of carbonyl (C=O) groups excluding carboxylic acids is 1. The fraction of sp³-hybridized carbons (Fsp3) is 0.194. The lowest BCUT2D eigenvalue weighted by atomic mass is 10.1. The Labute approximate surface area is 228 Å². The van der Waals surface area contributed by atoms with Crippen molar-refractivity contribution < 1.29 is 24.1 Å². The van der Waals surface area contributed by atoms with Gasteiger partial charge in [-0.3, -0.25) is 19.0 Å². The van der Waals surface area contributed by atoms with Crippen molar-refractivity contribution in [1.29, 1.82) is 0 Å². The van der Waals surface area contributed by atoms with Crippen LogP contribution in [0.4, 0.5) is 5.69 Å². The highest BCUT2D eigenvalue weighted by molar-refractivity contribution is 6.19. The molecule has 6 rings (SSSR count). The second-order valence-electron chi connectivity index (χ2n) is 9.52. The number of hydrogen-bond acceptors (Lipinski definition) is 7. The summed E-state index contributed by atoms with van der Waals surface area (Å²) in [6.07, 6.45) is 1.50. The van der Waals surface area contributed by atoms with E-state index in [4.69, 9.17) is 19.3 Å². The van der Waals surface area contributed by atoms with Crippen molar-refractivity contribution in [1.82, 2.24) is 9.38 Å². The first kappa shape index (κ1) is 25.4. The van der Waals surface area contributed by atoms with Crippen LogP contribution in [-0.4, -0.2) is 47.3 Å². The summed E-state index contributed by atoms with van der Waals surface area (Å²) in [5, 5.41) is 14.7. The van der Waals surface area contributed by atoms with Gasteiger partial charge in [-0.2, -0.15) is 0 Å². The van der Waals surface area contributed by atoms with Crippen LogP contribution < -0.4 is 25.1 Å². The fourth-order valence-electron chi connectivity index (χ4n) is 5.26. The minimum absolute atomic E-state index is 0.0709. The highest BCUT2D eigenvalue weighted by Crippen LogP contribution is 2.39. The minimum Gasteiger partial charge on any atom is -0.493 e. The van der Waals surface area contributed by atoms with Crippen LogP contribution in [0.15, 0.2) is 71.7 Å². The van der Waals surface area contributed by atoms with Crippen LogP contribution in [0.5, 0.6) is 17.2 Å². The van der Waals surface area contributed by atoms with Gasteiger partial charge in [0.2, 0.25) is 0 Å². The van der Waals surface area contributed by atoms with Crippen LogP contribution in [0, 0.1) is 0 Å². The van der Waals surface area contributed by atoms with E-state index in [2.05, 4.69) is 10.3 Å². The summed E-state index contributed by atoms with van der Waals surface area (Å²) in [6.45, 7) is 1.75. The summed E-state index contributed by atoms with van der Waals surface area (Å²) in [5.74, 6) is 1.02. The normalized spacial score (nSPS) is 12.3. The Morgan fingerprint density at radius 2 is 1.80 bits per heavy atom. The zero-order valence-corrected chi connectivity index (χ0v) is 22.2. The van der Waals surface area contributed by atoms with E-state index in [1.807, 2.05) is 36.4 Å². The van der Waals surface area contributed by atoms with E-state index in [0.29, 0.717) is 56.7 Å². The van der Waals surface area contributed by atoms with Crippen LogP contribution in [0.25, 0.3) is 38.1 Å². The SMILES string of the molecule is COc1ccc2c(c1OC)c(=O)n1c3ccc(O[C@H](C)C(=O)Nc4ccc(CCO)cc4)cc3c3ccnc2c31. The number of hydrogen-bond donors (Lipinski definition) is 2. The summed E-state index contributed by atoms with van der Waals surface area (Å²) >= 11 is 0. The van der Waals surface area contributed by atoms with E-state index >= 15 is 0 Å². The summed E-state index contributed by atoms with van der Waals surface area (Å²) < 4.78 is 18.7. The Kier molecular flexibility index (Phi) is 6.36. The molecular weight excluding hydrogens is 510 g/mol. The number of aliphatic hydroxyl groups excluding tert-OH is 1. The zero-order chi connectivity index (χ0) is 28.0. The Balaban J connectivity index is 1.39. The monoisotopic (exact) mass is 537 g/mol. The number of methoxy groups -OCH3 is 2. The molecule has 0 radical (unpaired) electrons. The van der Waals surface area contributed by atoms with Crippen molar-refractivity contribution in [3.8, 4) is 17.2 Å². The van der Waals surface area contributed by atoms with Crippen molar-refractivity contribution in [2.75, 3.05) is 26.1 Å². The molecule has 6 aromatic rings. The van der Waals surface area contributed by atoms with Crippen molar-refractivity contribution in [2.45, 2.75) is 19.4 Å². The predicted octanol–water partition coefficient (Wildman–Crippen LogP) is 4.55. The molecule has 0 fully saturated rings. The summed E-state index contributed by atoms with van der Waals surface area (Å²) in [4.78, 5) is 31.4. The molecule has 0 spiro atoms. The topological polar surface area (TPSA) is 111 Å². The number of nitrogens with one attached hydrogen (secondary N) is 1. The number of carbonyl (C=O) groups is 1. The largest absolute Gasteiger partial charge is 0.493 e. The Bertz CT molecular complexity index is 1950. The van der Waals surface area contributed by atoms with Gasteiger partial charge < -0.3 is 24.6 Å². The summed E-state index contributed by atoms with van der Waals surface area (Å²) in [5.41, 5.74) is 3.46. The number of pyridine rings is 2. The number of anilines is 1. The molecule has 0 aliphatic carbocycles. The highest BCUT2D eigenvalue weighted by Gasteiger charge is 2.23. The maximum Gasteiger partial charge on any atom is 0.267 e. The van der Waals surface area contributed by atoms with Crippen LogP contribution in [-0.2, 0) is 11.2 Å². The number of rotatable bonds is 8. The molecule has 1 atom stereocenters. The van der Waals surface area contributed by atoms with Crippen molar-refractivity contribution in [3.63, 3.8) is 0 Å². The molecular formula is C31H27N3O6. The van der Waals surface area contributed by atoms with Crippen LogP contribution in [0.1, 0.15) is 12.5 Å². The first-order valence-corrected chi connectivity index (χ1v) is 12.9. The number of fused-ring (bicyclic) bond motifs is 5. The van der Waals surface area contributed by atoms with Gasteiger partial charge >= 0.3 is 0 Å². The number of aliphatic hydroxyl groups is 1. The smallest absolute Gasteiger partial charge is 0.267 e. The van der Waals surface area contributed by atoms with Gasteiger partial charge in [-0.15, -0.1) is 0 Å². The van der Waals surface area contributed by atoms with E-state index in [9.17, 15) is 9.59 Å².